The Bertz CT molecular complexity index is 685. The first-order valence-corrected chi connectivity index (χ1v) is 8.72. The van der Waals surface area contributed by atoms with Crippen LogP contribution in [0.5, 0.6) is 11.5 Å². The molecule has 24 heavy (non-hydrogen) atoms. The number of hydrogen-bond acceptors (Lipinski definition) is 5. The van der Waals surface area contributed by atoms with E-state index in [0.717, 1.165) is 40.6 Å². The molecule has 2 aromatic rings. The fraction of sp³-hybridized carbons (Fsp3) is 0.412. The Morgan fingerprint density at radius 3 is 2.75 bits per heavy atom. The molecule has 2 rings (SSSR count). The van der Waals surface area contributed by atoms with Crippen molar-refractivity contribution in [2.75, 3.05) is 20.8 Å². The minimum absolute atomic E-state index is 0.432. The molecule has 0 aliphatic rings. The summed E-state index contributed by atoms with van der Waals surface area (Å²) in [5.41, 5.74) is 8.00. The third kappa shape index (κ3) is 5.13. The summed E-state index contributed by atoms with van der Waals surface area (Å²) in [6.45, 7) is 3.30. The van der Waals surface area contributed by atoms with Crippen molar-refractivity contribution < 1.29 is 9.47 Å². The van der Waals surface area contributed by atoms with E-state index < -0.39 is 0 Å². The number of ether oxygens (including phenoxy) is 2. The lowest BCUT2D eigenvalue weighted by atomic mass is 10.1. The van der Waals surface area contributed by atoms with Crippen LogP contribution in [-0.2, 0) is 19.4 Å². The fourth-order valence-electron chi connectivity index (χ4n) is 2.18. The average Bonchev–Trinajstić information content (AvgIpc) is 3.08. The fourth-order valence-corrected chi connectivity index (χ4v) is 2.91. The van der Waals surface area contributed by atoms with Gasteiger partial charge in [0.05, 0.1) is 31.5 Å². The summed E-state index contributed by atoms with van der Waals surface area (Å²) in [6, 6.07) is 5.88. The van der Waals surface area contributed by atoms with Crippen LogP contribution in [0.25, 0.3) is 0 Å². The summed E-state index contributed by atoms with van der Waals surface area (Å²) >= 11 is 1.66. The first-order chi connectivity index (χ1) is 11.7. The van der Waals surface area contributed by atoms with Crippen LogP contribution in [0.15, 0.2) is 28.6 Å². The van der Waals surface area contributed by atoms with Crippen molar-refractivity contribution in [2.24, 2.45) is 10.7 Å². The number of thiazole rings is 1. The van der Waals surface area contributed by atoms with Crippen molar-refractivity contribution in [1.29, 1.82) is 0 Å². The number of nitrogens with one attached hydrogen (secondary N) is 1. The number of aryl methyl sites for hydroxylation is 1. The van der Waals surface area contributed by atoms with Gasteiger partial charge in [-0.25, -0.2) is 9.98 Å². The first kappa shape index (κ1) is 18.1. The van der Waals surface area contributed by atoms with Crippen LogP contribution >= 0.6 is 11.3 Å². The molecular formula is C17H24N4O2S. The van der Waals surface area contributed by atoms with Crippen molar-refractivity contribution in [3.63, 3.8) is 0 Å². The molecule has 0 radical (unpaired) electrons. The molecule has 0 bridgehead atoms. The standard InChI is InChI=1S/C17H24N4O2S/c1-4-16-21-13(11-24-16)10-20-17(18)19-8-7-12-5-6-14(22-2)15(9-12)23-3/h5-6,9,11H,4,7-8,10H2,1-3H3,(H3,18,19,20). The van der Waals surface area contributed by atoms with E-state index >= 15 is 0 Å². The van der Waals surface area contributed by atoms with E-state index in [-0.39, 0.29) is 0 Å². The first-order valence-electron chi connectivity index (χ1n) is 7.84. The molecule has 0 spiro atoms. The second-order valence-corrected chi connectivity index (χ2v) is 6.10. The molecule has 0 atom stereocenters. The second kappa shape index (κ2) is 9.12. The zero-order valence-electron chi connectivity index (χ0n) is 14.3. The lowest BCUT2D eigenvalue weighted by Gasteiger charge is -2.10. The summed E-state index contributed by atoms with van der Waals surface area (Å²) in [7, 11) is 3.26. The van der Waals surface area contributed by atoms with E-state index in [0.29, 0.717) is 19.0 Å². The Hall–Kier alpha value is -2.28. The topological polar surface area (TPSA) is 81.8 Å². The number of nitrogens with two attached hydrogens (primary N) is 1. The highest BCUT2D eigenvalue weighted by Crippen LogP contribution is 2.27. The molecule has 1 aromatic carbocycles. The molecule has 130 valence electrons. The van der Waals surface area contributed by atoms with Gasteiger partial charge < -0.3 is 20.5 Å². The van der Waals surface area contributed by atoms with Crippen LogP contribution in [0.4, 0.5) is 0 Å². The molecule has 1 heterocycles. The van der Waals surface area contributed by atoms with Crippen LogP contribution < -0.4 is 20.5 Å². The zero-order valence-corrected chi connectivity index (χ0v) is 15.2. The van der Waals surface area contributed by atoms with Gasteiger partial charge in [0.25, 0.3) is 0 Å². The van der Waals surface area contributed by atoms with Crippen molar-refractivity contribution in [1.82, 2.24) is 10.3 Å². The summed E-state index contributed by atoms with van der Waals surface area (Å²) < 4.78 is 10.5. The number of nitrogens with zero attached hydrogens (tertiary/aromatic N) is 2. The minimum Gasteiger partial charge on any atom is -0.493 e. The molecule has 0 amide bonds. The third-order valence-corrected chi connectivity index (χ3v) is 4.52. The van der Waals surface area contributed by atoms with Crippen molar-refractivity contribution in [3.05, 3.63) is 39.8 Å². The van der Waals surface area contributed by atoms with E-state index in [1.165, 1.54) is 0 Å². The van der Waals surface area contributed by atoms with Crippen molar-refractivity contribution in [2.45, 2.75) is 26.3 Å². The Morgan fingerprint density at radius 1 is 1.29 bits per heavy atom. The minimum atomic E-state index is 0.432. The van der Waals surface area contributed by atoms with Crippen molar-refractivity contribution >= 4 is 17.3 Å². The highest BCUT2D eigenvalue weighted by atomic mass is 32.1. The summed E-state index contributed by atoms with van der Waals surface area (Å²) in [6.07, 6.45) is 1.76. The molecule has 0 fully saturated rings. The summed E-state index contributed by atoms with van der Waals surface area (Å²) in [4.78, 5) is 8.78. The molecule has 0 unspecified atom stereocenters. The normalized spacial score (nSPS) is 11.4. The Morgan fingerprint density at radius 2 is 2.08 bits per heavy atom. The van der Waals surface area contributed by atoms with Gasteiger partial charge in [0, 0.05) is 11.9 Å². The van der Waals surface area contributed by atoms with E-state index in [1.54, 1.807) is 25.6 Å². The van der Waals surface area contributed by atoms with Gasteiger partial charge in [-0.3, -0.25) is 0 Å². The number of rotatable bonds is 8. The molecule has 3 N–H and O–H groups in total. The van der Waals surface area contributed by atoms with Crippen molar-refractivity contribution in [3.8, 4) is 11.5 Å². The number of hydrogen-bond donors (Lipinski definition) is 2. The molecule has 6 nitrogen and oxygen atoms in total. The number of benzene rings is 1. The molecule has 1 aromatic heterocycles. The Kier molecular flexibility index (Phi) is 6.87. The molecule has 0 saturated carbocycles. The lowest BCUT2D eigenvalue weighted by Crippen LogP contribution is -2.33. The second-order valence-electron chi connectivity index (χ2n) is 5.15. The van der Waals surface area contributed by atoms with Gasteiger partial charge in [0.15, 0.2) is 17.5 Å². The number of aromatic nitrogens is 1. The van der Waals surface area contributed by atoms with Gasteiger partial charge >= 0.3 is 0 Å². The maximum absolute atomic E-state index is 5.90. The predicted octanol–water partition coefficient (Wildman–Crippen LogP) is 2.37. The van der Waals surface area contributed by atoms with Crippen LogP contribution in [0.2, 0.25) is 0 Å². The SMILES string of the molecule is CCc1nc(CN=C(N)NCCc2ccc(OC)c(OC)c2)cs1. The van der Waals surface area contributed by atoms with Gasteiger partial charge in [-0.1, -0.05) is 13.0 Å². The highest BCUT2D eigenvalue weighted by molar-refractivity contribution is 7.09. The highest BCUT2D eigenvalue weighted by Gasteiger charge is 2.04. The molecule has 0 saturated heterocycles. The van der Waals surface area contributed by atoms with Gasteiger partial charge in [-0.05, 0) is 30.5 Å². The van der Waals surface area contributed by atoms with E-state index in [4.69, 9.17) is 15.2 Å². The van der Waals surface area contributed by atoms with Gasteiger partial charge in [-0.2, -0.15) is 0 Å². The molecule has 0 aliphatic carbocycles. The number of methoxy groups -OCH3 is 2. The third-order valence-electron chi connectivity index (χ3n) is 3.48. The van der Waals surface area contributed by atoms with Crippen LogP contribution in [0.3, 0.4) is 0 Å². The monoisotopic (exact) mass is 348 g/mol. The van der Waals surface area contributed by atoms with Gasteiger partial charge in [0.1, 0.15) is 0 Å². The maximum Gasteiger partial charge on any atom is 0.188 e. The Balaban J connectivity index is 1.81. The van der Waals surface area contributed by atoms with Gasteiger partial charge in [-0.15, -0.1) is 11.3 Å². The quantitative estimate of drug-likeness (QED) is 0.565. The molecule has 0 aliphatic heterocycles. The maximum atomic E-state index is 5.90. The smallest absolute Gasteiger partial charge is 0.188 e. The van der Waals surface area contributed by atoms with Crippen LogP contribution in [0, 0.1) is 0 Å². The van der Waals surface area contributed by atoms with Gasteiger partial charge in [0.2, 0.25) is 0 Å². The largest absolute Gasteiger partial charge is 0.493 e. The number of guanidine groups is 1. The predicted molar refractivity (Wildman–Crippen MR) is 98.1 cm³/mol. The molecular weight excluding hydrogens is 324 g/mol. The zero-order chi connectivity index (χ0) is 17.4. The molecule has 7 heteroatoms. The van der Waals surface area contributed by atoms with Crippen LogP contribution in [-0.4, -0.2) is 31.7 Å². The number of aliphatic imine (C=N–C) groups is 1. The summed E-state index contributed by atoms with van der Waals surface area (Å²) in [5.74, 6) is 1.89. The summed E-state index contributed by atoms with van der Waals surface area (Å²) in [5, 5.41) is 6.27. The lowest BCUT2D eigenvalue weighted by molar-refractivity contribution is 0.354. The van der Waals surface area contributed by atoms with E-state index in [2.05, 4.69) is 22.2 Å². The average molecular weight is 348 g/mol. The van der Waals surface area contributed by atoms with E-state index in [1.807, 2.05) is 23.6 Å². The Labute approximate surface area is 146 Å². The van der Waals surface area contributed by atoms with Crippen LogP contribution in [0.1, 0.15) is 23.2 Å². The van der Waals surface area contributed by atoms with E-state index in [9.17, 15) is 0 Å².